The number of hydrogen-bond donors (Lipinski definition) is 1. The van der Waals surface area contributed by atoms with E-state index in [1.165, 1.54) is 21.6 Å². The smallest absolute Gasteiger partial charge is 0.158 e. The van der Waals surface area contributed by atoms with Crippen LogP contribution in [0, 0.1) is 13.8 Å². The molecule has 4 rings (SSSR count). The van der Waals surface area contributed by atoms with E-state index in [1.54, 1.807) is 17.7 Å². The van der Waals surface area contributed by atoms with Crippen molar-refractivity contribution in [2.24, 2.45) is 5.10 Å². The number of hydrazone groups is 1. The second-order valence-electron chi connectivity index (χ2n) is 6.80. The molecule has 4 aromatic rings. The van der Waals surface area contributed by atoms with Crippen molar-refractivity contribution in [3.8, 4) is 0 Å². The summed E-state index contributed by atoms with van der Waals surface area (Å²) >= 11 is 1.69. The van der Waals surface area contributed by atoms with Crippen LogP contribution in [0.4, 0.5) is 5.82 Å². The van der Waals surface area contributed by atoms with Crippen molar-refractivity contribution in [2.75, 3.05) is 5.43 Å². The van der Waals surface area contributed by atoms with Gasteiger partial charge in [0.15, 0.2) is 5.82 Å². The molecule has 28 heavy (non-hydrogen) atoms. The second kappa shape index (κ2) is 8.31. The zero-order valence-corrected chi connectivity index (χ0v) is 16.8. The lowest BCUT2D eigenvalue weighted by atomic mass is 10.0. The van der Waals surface area contributed by atoms with Gasteiger partial charge in [0.05, 0.1) is 5.39 Å². The van der Waals surface area contributed by atoms with Crippen LogP contribution in [0.15, 0.2) is 72.1 Å². The molecule has 140 valence electrons. The zero-order valence-electron chi connectivity index (χ0n) is 16.0. The first kappa shape index (κ1) is 18.3. The minimum atomic E-state index is 0.769. The van der Waals surface area contributed by atoms with Crippen LogP contribution in [0.25, 0.3) is 10.2 Å². The minimum absolute atomic E-state index is 0.769. The monoisotopic (exact) mass is 386 g/mol. The Kier molecular flexibility index (Phi) is 5.44. The summed E-state index contributed by atoms with van der Waals surface area (Å²) in [6, 6.07) is 20.9. The molecular formula is C23H22N4S. The second-order valence-corrected chi connectivity index (χ2v) is 8.00. The van der Waals surface area contributed by atoms with Crippen LogP contribution in [0.2, 0.25) is 0 Å². The molecule has 0 aliphatic carbocycles. The van der Waals surface area contributed by atoms with Crippen molar-refractivity contribution in [2.45, 2.75) is 26.7 Å². The molecule has 1 N–H and O–H groups in total. The average Bonchev–Trinajstić information content (AvgIpc) is 3.02. The van der Waals surface area contributed by atoms with E-state index in [0.717, 1.165) is 34.6 Å². The Morgan fingerprint density at radius 3 is 2.11 bits per heavy atom. The van der Waals surface area contributed by atoms with Crippen molar-refractivity contribution >= 4 is 33.1 Å². The number of thiophene rings is 1. The lowest BCUT2D eigenvalue weighted by Gasteiger charge is -2.09. The van der Waals surface area contributed by atoms with E-state index in [2.05, 4.69) is 77.8 Å². The van der Waals surface area contributed by atoms with Gasteiger partial charge in [-0.3, -0.25) is 5.43 Å². The molecule has 0 fully saturated rings. The van der Waals surface area contributed by atoms with Gasteiger partial charge in [-0.15, -0.1) is 11.3 Å². The maximum absolute atomic E-state index is 4.77. The largest absolute Gasteiger partial charge is 0.261 e. The number of nitrogens with zero attached hydrogens (tertiary/aromatic N) is 3. The number of hydrogen-bond acceptors (Lipinski definition) is 5. The van der Waals surface area contributed by atoms with E-state index >= 15 is 0 Å². The summed E-state index contributed by atoms with van der Waals surface area (Å²) in [6.07, 6.45) is 3.18. The highest BCUT2D eigenvalue weighted by Crippen LogP contribution is 2.32. The number of nitrogens with one attached hydrogen (secondary N) is 1. The molecule has 0 bridgehead atoms. The summed E-state index contributed by atoms with van der Waals surface area (Å²) in [7, 11) is 0. The fraction of sp³-hybridized carbons (Fsp3) is 0.174. The van der Waals surface area contributed by atoms with Gasteiger partial charge in [-0.25, -0.2) is 9.97 Å². The molecule has 5 heteroatoms. The highest BCUT2D eigenvalue weighted by Gasteiger charge is 2.12. The van der Waals surface area contributed by atoms with Crippen molar-refractivity contribution in [1.29, 1.82) is 0 Å². The number of rotatable bonds is 6. The first-order valence-electron chi connectivity index (χ1n) is 9.30. The van der Waals surface area contributed by atoms with Gasteiger partial charge < -0.3 is 0 Å². The Labute approximate surface area is 169 Å². The molecule has 0 atom stereocenters. The van der Waals surface area contributed by atoms with Crippen LogP contribution in [-0.4, -0.2) is 15.7 Å². The predicted octanol–water partition coefficient (Wildman–Crippen LogP) is 5.56. The fourth-order valence-corrected chi connectivity index (χ4v) is 4.20. The van der Waals surface area contributed by atoms with Crippen molar-refractivity contribution in [3.05, 3.63) is 88.6 Å². The number of anilines is 1. The van der Waals surface area contributed by atoms with Crippen LogP contribution in [0.5, 0.6) is 0 Å². The van der Waals surface area contributed by atoms with Gasteiger partial charge in [0, 0.05) is 23.4 Å². The molecule has 2 aromatic heterocycles. The van der Waals surface area contributed by atoms with E-state index in [0.29, 0.717) is 0 Å². The number of aromatic nitrogens is 2. The Hall–Kier alpha value is -3.05. The SMILES string of the molecule is Cc1sc2ncnc(NN=C(Cc3ccccc3)Cc3ccccc3)c2c1C. The van der Waals surface area contributed by atoms with Gasteiger partial charge in [0.1, 0.15) is 11.2 Å². The topological polar surface area (TPSA) is 50.2 Å². The molecule has 2 aromatic carbocycles. The third kappa shape index (κ3) is 4.10. The van der Waals surface area contributed by atoms with Crippen LogP contribution in [-0.2, 0) is 12.8 Å². The van der Waals surface area contributed by atoms with Crippen molar-refractivity contribution in [3.63, 3.8) is 0 Å². The third-order valence-electron chi connectivity index (χ3n) is 4.79. The first-order valence-corrected chi connectivity index (χ1v) is 10.1. The summed E-state index contributed by atoms with van der Waals surface area (Å²) in [6.45, 7) is 4.23. The normalized spacial score (nSPS) is 10.8. The molecule has 0 spiro atoms. The molecule has 0 saturated carbocycles. The first-order chi connectivity index (χ1) is 13.7. The summed E-state index contributed by atoms with van der Waals surface area (Å²) in [5.74, 6) is 0.769. The van der Waals surface area contributed by atoms with Gasteiger partial charge >= 0.3 is 0 Å². The molecule has 0 radical (unpaired) electrons. The molecule has 0 aliphatic heterocycles. The lowest BCUT2D eigenvalue weighted by molar-refractivity contribution is 1.14. The highest BCUT2D eigenvalue weighted by atomic mass is 32.1. The Bertz CT molecular complexity index is 1060. The van der Waals surface area contributed by atoms with Crippen LogP contribution in [0.3, 0.4) is 0 Å². The van der Waals surface area contributed by atoms with Gasteiger partial charge in [0.2, 0.25) is 0 Å². The highest BCUT2D eigenvalue weighted by molar-refractivity contribution is 7.18. The molecule has 0 amide bonds. The zero-order chi connectivity index (χ0) is 19.3. The Morgan fingerprint density at radius 1 is 0.893 bits per heavy atom. The van der Waals surface area contributed by atoms with E-state index in [-0.39, 0.29) is 0 Å². The summed E-state index contributed by atoms with van der Waals surface area (Å²) in [4.78, 5) is 11.1. The maximum Gasteiger partial charge on any atom is 0.158 e. The average molecular weight is 387 g/mol. The van der Waals surface area contributed by atoms with Gasteiger partial charge in [-0.1, -0.05) is 60.7 Å². The van der Waals surface area contributed by atoms with E-state index in [1.807, 2.05) is 12.1 Å². The van der Waals surface area contributed by atoms with E-state index in [9.17, 15) is 0 Å². The predicted molar refractivity (Wildman–Crippen MR) is 118 cm³/mol. The maximum atomic E-state index is 4.77. The van der Waals surface area contributed by atoms with Crippen molar-refractivity contribution in [1.82, 2.24) is 9.97 Å². The molecule has 4 nitrogen and oxygen atoms in total. The van der Waals surface area contributed by atoms with Gasteiger partial charge in [0.25, 0.3) is 0 Å². The third-order valence-corrected chi connectivity index (χ3v) is 5.90. The number of aryl methyl sites for hydroxylation is 2. The summed E-state index contributed by atoms with van der Waals surface area (Å²) < 4.78 is 0. The number of benzene rings is 2. The summed E-state index contributed by atoms with van der Waals surface area (Å²) in [5, 5.41) is 5.83. The van der Waals surface area contributed by atoms with Crippen LogP contribution >= 0.6 is 11.3 Å². The van der Waals surface area contributed by atoms with Gasteiger partial charge in [-0.2, -0.15) is 5.10 Å². The summed E-state index contributed by atoms with van der Waals surface area (Å²) in [5.41, 5.74) is 7.99. The molecule has 0 saturated heterocycles. The standard InChI is InChI=1S/C23H22N4S/c1-16-17(2)28-23-21(16)22(24-15-25-23)27-26-20(13-18-9-5-3-6-10-18)14-19-11-7-4-8-12-19/h3-12,15H,13-14H2,1-2H3,(H,24,25,27). The van der Waals surface area contributed by atoms with Crippen molar-refractivity contribution < 1.29 is 0 Å². The molecular weight excluding hydrogens is 364 g/mol. The van der Waals surface area contributed by atoms with E-state index < -0.39 is 0 Å². The minimum Gasteiger partial charge on any atom is -0.261 e. The van der Waals surface area contributed by atoms with E-state index in [4.69, 9.17) is 5.10 Å². The number of fused-ring (bicyclic) bond motifs is 1. The Balaban J connectivity index is 1.65. The molecule has 2 heterocycles. The van der Waals surface area contributed by atoms with Gasteiger partial charge in [-0.05, 0) is 30.5 Å². The fourth-order valence-electron chi connectivity index (χ4n) is 3.20. The molecule has 0 aliphatic rings. The Morgan fingerprint density at radius 2 is 1.50 bits per heavy atom. The quantitative estimate of drug-likeness (QED) is 0.348. The van der Waals surface area contributed by atoms with Crippen LogP contribution in [0.1, 0.15) is 21.6 Å². The lowest BCUT2D eigenvalue weighted by Crippen LogP contribution is -2.10. The molecule has 0 unspecified atom stereocenters. The van der Waals surface area contributed by atoms with Crippen LogP contribution < -0.4 is 5.43 Å².